The number of hydrogen-bond acceptors (Lipinski definition) is 8. The Bertz CT molecular complexity index is 234. The third-order valence-electron chi connectivity index (χ3n) is 1.16. The van der Waals surface area contributed by atoms with E-state index in [4.69, 9.17) is 0 Å². The molecule has 2 heterocycles. The van der Waals surface area contributed by atoms with Gasteiger partial charge in [0.15, 0.2) is 0 Å². The smallest absolute Gasteiger partial charge is 0.756 e. The van der Waals surface area contributed by atoms with Crippen molar-refractivity contribution < 1.29 is 37.0 Å². The maximum absolute atomic E-state index is 10.0. The van der Waals surface area contributed by atoms with Crippen LogP contribution in [0.15, 0.2) is 0 Å². The minimum absolute atomic E-state index is 0. The van der Waals surface area contributed by atoms with Gasteiger partial charge < -0.3 is 27.9 Å². The Labute approximate surface area is 102 Å². The Morgan fingerprint density at radius 2 is 0.933 bits per heavy atom. The van der Waals surface area contributed by atoms with Crippen LogP contribution < -0.4 is 9.79 Å². The summed E-state index contributed by atoms with van der Waals surface area (Å²) in [7, 11) is -7.59. The van der Waals surface area contributed by atoms with Gasteiger partial charge >= 0.3 is 23.1 Å². The molecular weight excluding hydrogens is 262 g/mol. The molecule has 2 fully saturated rings. The number of phosphoric ester groups is 2. The second-order valence-corrected chi connectivity index (χ2v) is 5.05. The van der Waals surface area contributed by atoms with Crippen LogP contribution in [-0.4, -0.2) is 49.5 Å². The minimum atomic E-state index is -3.79. The van der Waals surface area contributed by atoms with Gasteiger partial charge in [-0.05, 0) is 0 Å². The van der Waals surface area contributed by atoms with Crippen molar-refractivity contribution >= 4 is 38.7 Å². The van der Waals surface area contributed by atoms with Crippen LogP contribution in [-0.2, 0) is 27.2 Å². The van der Waals surface area contributed by atoms with Crippen molar-refractivity contribution in [2.75, 3.05) is 26.4 Å². The average Bonchev–Trinajstić information content (AvgIpc) is 2.60. The van der Waals surface area contributed by atoms with E-state index in [2.05, 4.69) is 18.1 Å². The predicted octanol–water partition coefficient (Wildman–Crippen LogP) is -1.38. The molecule has 84 valence electrons. The molecule has 0 saturated carbocycles. The molecule has 0 radical (unpaired) electrons. The molecule has 2 aliphatic rings. The second kappa shape index (κ2) is 6.66. The van der Waals surface area contributed by atoms with E-state index in [1.807, 2.05) is 0 Å². The first kappa shape index (κ1) is 16.0. The first-order valence-electron chi connectivity index (χ1n) is 3.62. The van der Waals surface area contributed by atoms with Gasteiger partial charge in [0.1, 0.15) is 0 Å². The Morgan fingerprint density at radius 3 is 1.00 bits per heavy atom. The van der Waals surface area contributed by atoms with E-state index in [9.17, 15) is 18.9 Å². The summed E-state index contributed by atoms with van der Waals surface area (Å²) in [6.45, 7) is 0.670. The summed E-state index contributed by atoms with van der Waals surface area (Å²) < 4.78 is 36.5. The van der Waals surface area contributed by atoms with Gasteiger partial charge in [0.05, 0.1) is 26.4 Å². The predicted molar refractivity (Wildman–Crippen MR) is 44.8 cm³/mol. The molecule has 0 spiro atoms. The van der Waals surface area contributed by atoms with Crippen molar-refractivity contribution in [3.63, 3.8) is 0 Å². The minimum Gasteiger partial charge on any atom is -0.756 e. The van der Waals surface area contributed by atoms with Crippen molar-refractivity contribution in [1.82, 2.24) is 0 Å². The molecule has 2 saturated heterocycles. The molecule has 0 N–H and O–H groups in total. The Balaban J connectivity index is 0.000000245. The molecule has 0 aliphatic carbocycles. The van der Waals surface area contributed by atoms with E-state index >= 15 is 0 Å². The van der Waals surface area contributed by atoms with Crippen LogP contribution in [0.3, 0.4) is 0 Å². The summed E-state index contributed by atoms with van der Waals surface area (Å²) in [6, 6.07) is 0. The molecule has 0 unspecified atom stereocenters. The van der Waals surface area contributed by atoms with Crippen molar-refractivity contribution in [3.8, 4) is 0 Å². The van der Waals surface area contributed by atoms with Crippen molar-refractivity contribution in [2.24, 2.45) is 0 Å². The summed E-state index contributed by atoms with van der Waals surface area (Å²) in [4.78, 5) is 20.0. The maximum Gasteiger partial charge on any atom is 2.00 e. The average molecular weight is 270 g/mol. The molecule has 0 aromatic heterocycles. The van der Waals surface area contributed by atoms with Crippen LogP contribution in [0.2, 0.25) is 0 Å². The van der Waals surface area contributed by atoms with Crippen molar-refractivity contribution in [1.29, 1.82) is 0 Å². The molecule has 0 bridgehead atoms. The van der Waals surface area contributed by atoms with E-state index in [1.165, 1.54) is 0 Å². The molecular formula is C4H8MgO8P2. The zero-order valence-corrected chi connectivity index (χ0v) is 10.9. The van der Waals surface area contributed by atoms with Gasteiger partial charge in [-0.15, -0.1) is 0 Å². The quantitative estimate of drug-likeness (QED) is 0.390. The standard InChI is InChI=1S/2C2H5O4P.Mg/c2*3-7(4)5-1-2-6-7;/h2*1-2H2,(H,3,4);/q;;+2/p-2. The molecule has 0 atom stereocenters. The first-order valence-corrected chi connectivity index (χ1v) is 6.54. The van der Waals surface area contributed by atoms with Crippen LogP contribution >= 0.6 is 15.6 Å². The van der Waals surface area contributed by atoms with Gasteiger partial charge in [0, 0.05) is 0 Å². The molecule has 11 heteroatoms. The Morgan fingerprint density at radius 1 is 0.733 bits per heavy atom. The van der Waals surface area contributed by atoms with E-state index in [-0.39, 0.29) is 49.5 Å². The molecule has 8 nitrogen and oxygen atoms in total. The zero-order valence-electron chi connectivity index (χ0n) is 7.70. The van der Waals surface area contributed by atoms with Gasteiger partial charge in [-0.25, -0.2) is 0 Å². The maximum atomic E-state index is 10.0. The van der Waals surface area contributed by atoms with Gasteiger partial charge in [-0.3, -0.25) is 9.13 Å². The van der Waals surface area contributed by atoms with Crippen LogP contribution in [0.4, 0.5) is 0 Å². The zero-order chi connectivity index (χ0) is 10.7. The molecule has 15 heavy (non-hydrogen) atoms. The summed E-state index contributed by atoms with van der Waals surface area (Å²) in [5, 5.41) is 0. The fourth-order valence-electron chi connectivity index (χ4n) is 0.671. The largest absolute Gasteiger partial charge is 2.00 e. The number of rotatable bonds is 0. The van der Waals surface area contributed by atoms with Crippen LogP contribution in [0.5, 0.6) is 0 Å². The van der Waals surface area contributed by atoms with Crippen LogP contribution in [0, 0.1) is 0 Å². The monoisotopic (exact) mass is 270 g/mol. The van der Waals surface area contributed by atoms with E-state index in [1.54, 1.807) is 0 Å². The molecule has 2 aliphatic heterocycles. The first-order chi connectivity index (χ1) is 6.41. The van der Waals surface area contributed by atoms with Gasteiger partial charge in [0.2, 0.25) is 0 Å². The SMILES string of the molecule is O=P1([O-])OCCO1.O=P1([O-])OCCO1.[Mg+2]. The summed E-state index contributed by atoms with van der Waals surface area (Å²) >= 11 is 0. The van der Waals surface area contributed by atoms with Gasteiger partial charge in [0.25, 0.3) is 15.6 Å². The van der Waals surface area contributed by atoms with Crippen LogP contribution in [0.1, 0.15) is 0 Å². The normalized spacial score (nSPS) is 26.3. The summed E-state index contributed by atoms with van der Waals surface area (Å²) in [5.74, 6) is 0. The molecule has 0 amide bonds. The van der Waals surface area contributed by atoms with E-state index in [0.29, 0.717) is 0 Å². The van der Waals surface area contributed by atoms with E-state index < -0.39 is 15.6 Å². The summed E-state index contributed by atoms with van der Waals surface area (Å²) in [6.07, 6.45) is 0. The van der Waals surface area contributed by atoms with Crippen molar-refractivity contribution in [2.45, 2.75) is 0 Å². The van der Waals surface area contributed by atoms with Crippen molar-refractivity contribution in [3.05, 3.63) is 0 Å². The molecule has 0 aromatic carbocycles. The third kappa shape index (κ3) is 7.01. The summed E-state index contributed by atoms with van der Waals surface area (Å²) in [5.41, 5.74) is 0. The Hall–Kier alpha value is 0.986. The second-order valence-electron chi connectivity index (χ2n) is 2.23. The Kier molecular flexibility index (Phi) is 7.09. The topological polar surface area (TPSA) is 117 Å². The molecule has 0 aromatic rings. The third-order valence-corrected chi connectivity index (χ3v) is 3.16. The number of phosphoric acid groups is 2. The van der Waals surface area contributed by atoms with E-state index in [0.717, 1.165) is 0 Å². The fraction of sp³-hybridized carbons (Fsp3) is 1.00. The van der Waals surface area contributed by atoms with Crippen LogP contribution in [0.25, 0.3) is 0 Å². The molecule has 2 rings (SSSR count). The van der Waals surface area contributed by atoms with Gasteiger partial charge in [-0.1, -0.05) is 0 Å². The van der Waals surface area contributed by atoms with Gasteiger partial charge in [-0.2, -0.15) is 0 Å². The number of hydrogen-bond donors (Lipinski definition) is 0. The fourth-order valence-corrected chi connectivity index (χ4v) is 2.01.